The number of nitrogens with one attached hydrogen (secondary N) is 2. The normalized spacial score (nSPS) is 19.5. The van der Waals surface area contributed by atoms with Crippen molar-refractivity contribution in [2.45, 2.75) is 25.3 Å². The summed E-state index contributed by atoms with van der Waals surface area (Å²) >= 11 is 0. The van der Waals surface area contributed by atoms with E-state index in [0.717, 1.165) is 34.2 Å². The monoisotopic (exact) mass is 356 g/mol. The van der Waals surface area contributed by atoms with Gasteiger partial charge in [-0.1, -0.05) is 17.7 Å². The Labute approximate surface area is 148 Å². The zero-order valence-corrected chi connectivity index (χ0v) is 14.2. The van der Waals surface area contributed by atoms with E-state index in [1.807, 2.05) is 25.1 Å². The average Bonchev–Trinajstić information content (AvgIpc) is 2.97. The van der Waals surface area contributed by atoms with Crippen molar-refractivity contribution in [2.24, 2.45) is 0 Å². The molecular formula is C20H18F2N2O2. The molecular weight excluding hydrogens is 338 g/mol. The summed E-state index contributed by atoms with van der Waals surface area (Å²) in [6.45, 7) is 2.48. The van der Waals surface area contributed by atoms with Crippen LogP contribution in [0.25, 0.3) is 10.9 Å². The zero-order valence-electron chi connectivity index (χ0n) is 14.2. The van der Waals surface area contributed by atoms with E-state index < -0.39 is 23.1 Å². The molecule has 0 bridgehead atoms. The molecule has 2 heterocycles. The van der Waals surface area contributed by atoms with Crippen molar-refractivity contribution < 1.29 is 18.7 Å². The van der Waals surface area contributed by atoms with Gasteiger partial charge in [-0.15, -0.1) is 0 Å². The van der Waals surface area contributed by atoms with Crippen molar-refractivity contribution in [3.05, 3.63) is 70.4 Å². The summed E-state index contributed by atoms with van der Waals surface area (Å²) < 4.78 is 26.9. The Kier molecular flexibility index (Phi) is 3.80. The lowest BCUT2D eigenvalue weighted by Gasteiger charge is -2.35. The summed E-state index contributed by atoms with van der Waals surface area (Å²) in [5, 5.41) is 14.2. The molecule has 1 aliphatic heterocycles. The number of hydrogen-bond donors (Lipinski definition) is 3. The summed E-state index contributed by atoms with van der Waals surface area (Å²) in [5.41, 5.74) is 2.53. The van der Waals surface area contributed by atoms with E-state index in [1.54, 1.807) is 0 Å². The SMILES string of the molecule is Cc1ccc2[nH]c3c(c2c1)CCNC3(Cc1ccc(F)c(F)c1)C(=O)O. The van der Waals surface area contributed by atoms with Gasteiger partial charge in [-0.25, -0.2) is 13.6 Å². The van der Waals surface area contributed by atoms with Crippen molar-refractivity contribution in [1.82, 2.24) is 10.3 Å². The van der Waals surface area contributed by atoms with Crippen molar-refractivity contribution in [2.75, 3.05) is 6.54 Å². The summed E-state index contributed by atoms with van der Waals surface area (Å²) in [6, 6.07) is 9.45. The van der Waals surface area contributed by atoms with Crippen molar-refractivity contribution >= 4 is 16.9 Å². The van der Waals surface area contributed by atoms with Gasteiger partial charge in [0.1, 0.15) is 0 Å². The predicted molar refractivity (Wildman–Crippen MR) is 94.1 cm³/mol. The highest BCUT2D eigenvalue weighted by Gasteiger charge is 2.45. The average molecular weight is 356 g/mol. The largest absolute Gasteiger partial charge is 0.480 e. The molecule has 0 spiro atoms. The summed E-state index contributed by atoms with van der Waals surface area (Å²) in [4.78, 5) is 15.5. The van der Waals surface area contributed by atoms with E-state index in [0.29, 0.717) is 24.2 Å². The Morgan fingerprint density at radius 3 is 2.73 bits per heavy atom. The van der Waals surface area contributed by atoms with Gasteiger partial charge in [0, 0.05) is 23.9 Å². The molecule has 1 unspecified atom stereocenters. The number of aryl methyl sites for hydroxylation is 1. The highest BCUT2D eigenvalue weighted by atomic mass is 19.2. The molecule has 2 aromatic carbocycles. The van der Waals surface area contributed by atoms with Gasteiger partial charge in [0.05, 0.1) is 5.69 Å². The van der Waals surface area contributed by atoms with Gasteiger partial charge in [-0.2, -0.15) is 0 Å². The second-order valence-corrected chi connectivity index (χ2v) is 6.84. The van der Waals surface area contributed by atoms with Crippen LogP contribution >= 0.6 is 0 Å². The third-order valence-corrected chi connectivity index (χ3v) is 5.11. The molecule has 6 heteroatoms. The highest BCUT2D eigenvalue weighted by molar-refractivity contribution is 5.90. The maximum atomic E-state index is 13.6. The minimum Gasteiger partial charge on any atom is -0.480 e. The number of halogens is 2. The van der Waals surface area contributed by atoms with Crippen LogP contribution < -0.4 is 5.32 Å². The van der Waals surface area contributed by atoms with Crippen molar-refractivity contribution in [3.8, 4) is 0 Å². The molecule has 134 valence electrons. The van der Waals surface area contributed by atoms with Gasteiger partial charge in [-0.05, 0) is 48.7 Å². The van der Waals surface area contributed by atoms with Crippen LogP contribution in [0.15, 0.2) is 36.4 Å². The standard InChI is InChI=1S/C20H18F2N2O2/c1-11-2-5-17-14(8-11)13-6-7-23-20(19(25)26,18(13)24-17)10-12-3-4-15(21)16(22)9-12/h2-5,8-9,23-24H,6-7,10H2,1H3,(H,25,26). The molecule has 3 aromatic rings. The number of fused-ring (bicyclic) bond motifs is 3. The first kappa shape index (κ1) is 16.7. The van der Waals surface area contributed by atoms with E-state index in [2.05, 4.69) is 10.3 Å². The first-order valence-electron chi connectivity index (χ1n) is 8.45. The van der Waals surface area contributed by atoms with Gasteiger partial charge in [0.25, 0.3) is 0 Å². The highest BCUT2D eigenvalue weighted by Crippen LogP contribution is 2.36. The predicted octanol–water partition coefficient (Wildman–Crippen LogP) is 3.42. The van der Waals surface area contributed by atoms with E-state index in [9.17, 15) is 18.7 Å². The first-order valence-corrected chi connectivity index (χ1v) is 8.45. The quantitative estimate of drug-likeness (QED) is 0.674. The molecule has 0 fully saturated rings. The number of carbonyl (C=O) groups is 1. The topological polar surface area (TPSA) is 65.1 Å². The van der Waals surface area contributed by atoms with Crippen LogP contribution in [0.5, 0.6) is 0 Å². The van der Waals surface area contributed by atoms with E-state index in [-0.39, 0.29) is 6.42 Å². The zero-order chi connectivity index (χ0) is 18.5. The molecule has 0 saturated heterocycles. The lowest BCUT2D eigenvalue weighted by Crippen LogP contribution is -2.54. The molecule has 26 heavy (non-hydrogen) atoms. The molecule has 4 rings (SSSR count). The minimum absolute atomic E-state index is 0.0122. The second kappa shape index (κ2) is 5.92. The fourth-order valence-electron chi connectivity index (χ4n) is 3.84. The maximum absolute atomic E-state index is 13.6. The van der Waals surface area contributed by atoms with Crippen LogP contribution in [0.2, 0.25) is 0 Å². The number of carboxylic acids is 1. The molecule has 0 aliphatic carbocycles. The van der Waals surface area contributed by atoms with Gasteiger partial charge in [-0.3, -0.25) is 5.32 Å². The number of H-pyrrole nitrogens is 1. The van der Waals surface area contributed by atoms with Crippen LogP contribution in [0.3, 0.4) is 0 Å². The molecule has 0 amide bonds. The number of hydrogen-bond acceptors (Lipinski definition) is 2. The fraction of sp³-hybridized carbons (Fsp3) is 0.250. The number of aliphatic carboxylic acids is 1. The number of benzene rings is 2. The van der Waals surface area contributed by atoms with Crippen LogP contribution in [-0.4, -0.2) is 22.6 Å². The van der Waals surface area contributed by atoms with Crippen molar-refractivity contribution in [3.63, 3.8) is 0 Å². The maximum Gasteiger partial charge on any atom is 0.330 e. The molecule has 0 saturated carbocycles. The number of aromatic amines is 1. The Morgan fingerprint density at radius 1 is 1.19 bits per heavy atom. The summed E-state index contributed by atoms with van der Waals surface area (Å²) in [5.74, 6) is -2.98. The van der Waals surface area contributed by atoms with Gasteiger partial charge in [0.2, 0.25) is 0 Å². The first-order chi connectivity index (χ1) is 12.4. The van der Waals surface area contributed by atoms with Crippen LogP contribution in [0, 0.1) is 18.6 Å². The lowest BCUT2D eigenvalue weighted by molar-refractivity contribution is -0.145. The second-order valence-electron chi connectivity index (χ2n) is 6.84. The van der Waals surface area contributed by atoms with E-state index in [1.165, 1.54) is 6.07 Å². The molecule has 3 N–H and O–H groups in total. The lowest BCUT2D eigenvalue weighted by atomic mass is 9.82. The van der Waals surface area contributed by atoms with Crippen molar-refractivity contribution in [1.29, 1.82) is 0 Å². The van der Waals surface area contributed by atoms with Crippen LogP contribution in [0.1, 0.15) is 22.4 Å². The van der Waals surface area contributed by atoms with Gasteiger partial charge < -0.3 is 10.1 Å². The minimum atomic E-state index is -1.41. The number of carboxylic acid groups (broad SMARTS) is 1. The molecule has 4 nitrogen and oxygen atoms in total. The van der Waals surface area contributed by atoms with Crippen LogP contribution in [-0.2, 0) is 23.2 Å². The van der Waals surface area contributed by atoms with E-state index >= 15 is 0 Å². The smallest absolute Gasteiger partial charge is 0.330 e. The Balaban J connectivity index is 1.88. The third kappa shape index (κ3) is 2.49. The summed E-state index contributed by atoms with van der Waals surface area (Å²) in [7, 11) is 0. The third-order valence-electron chi connectivity index (χ3n) is 5.11. The molecule has 1 atom stereocenters. The summed E-state index contributed by atoms with van der Waals surface area (Å²) in [6.07, 6.45) is 0.712. The molecule has 1 aromatic heterocycles. The Hall–Kier alpha value is -2.73. The van der Waals surface area contributed by atoms with Crippen LogP contribution in [0.4, 0.5) is 8.78 Å². The fourth-order valence-corrected chi connectivity index (χ4v) is 3.84. The number of rotatable bonds is 3. The number of aromatic nitrogens is 1. The Bertz CT molecular complexity index is 1030. The molecule has 1 aliphatic rings. The Morgan fingerprint density at radius 2 is 2.00 bits per heavy atom. The van der Waals surface area contributed by atoms with Gasteiger partial charge in [0.15, 0.2) is 17.2 Å². The van der Waals surface area contributed by atoms with Gasteiger partial charge >= 0.3 is 5.97 Å². The van der Waals surface area contributed by atoms with E-state index in [4.69, 9.17) is 0 Å². The molecule has 0 radical (unpaired) electrons.